The van der Waals surface area contributed by atoms with E-state index in [2.05, 4.69) is 84.4 Å². The molecule has 12 aromatic rings. The van der Waals surface area contributed by atoms with E-state index < -0.39 is 13.8 Å². The van der Waals surface area contributed by atoms with E-state index in [9.17, 15) is 0 Å². The summed E-state index contributed by atoms with van der Waals surface area (Å²) in [5, 5.41) is 6.60. The molecule has 5 aromatic heterocycles. The number of hydrogen-bond donors (Lipinski definition) is 0. The van der Waals surface area contributed by atoms with Gasteiger partial charge in [0.05, 0.1) is 16.6 Å². The second kappa shape index (κ2) is 12.1. The molecule has 0 aliphatic heterocycles. The fraction of sp³-hybridized carbons (Fsp3) is 0.0400. The first-order valence-electron chi connectivity index (χ1n) is 21.6. The van der Waals surface area contributed by atoms with Gasteiger partial charge in [-0.3, -0.25) is 0 Å². The molecule has 0 N–H and O–H groups in total. The zero-order chi connectivity index (χ0) is 42.9. The van der Waals surface area contributed by atoms with Crippen LogP contribution in [-0.2, 0) is 26.3 Å². The Morgan fingerprint density at radius 1 is 0.544 bits per heavy atom. The molecule has 7 heteroatoms. The average Bonchev–Trinajstić information content (AvgIpc) is 3.99. The van der Waals surface area contributed by atoms with Gasteiger partial charge in [-0.1, -0.05) is 66.7 Å². The second-order valence-electron chi connectivity index (χ2n) is 14.4. The Morgan fingerprint density at radius 3 is 2.11 bits per heavy atom. The predicted octanol–water partition coefficient (Wildman–Crippen LogP) is 12.5. The van der Waals surface area contributed by atoms with Gasteiger partial charge in [-0.2, -0.15) is 0 Å². The smallest absolute Gasteiger partial charge is 0.0622 e. The first-order valence-corrected chi connectivity index (χ1v) is 19.8. The van der Waals surface area contributed by atoms with Crippen molar-refractivity contribution in [1.82, 2.24) is 23.1 Å². The molecule has 7 aromatic carbocycles. The fourth-order valence-corrected chi connectivity index (χ4v) is 9.67. The van der Waals surface area contributed by atoms with Crippen molar-refractivity contribution >= 4 is 70.9 Å². The van der Waals surface area contributed by atoms with Gasteiger partial charge < -0.3 is 4.40 Å². The van der Waals surface area contributed by atoms with Gasteiger partial charge in [-0.15, -0.1) is 0 Å². The Labute approximate surface area is 346 Å². The topological polar surface area (TPSA) is 41.3 Å². The number of pyridine rings is 1. The summed E-state index contributed by atoms with van der Waals surface area (Å²) in [5.74, 6) is 1.58. The second-order valence-corrected chi connectivity index (χ2v) is 15.4. The van der Waals surface area contributed by atoms with Crippen LogP contribution in [0.4, 0.5) is 0 Å². The average molecular weight is 921 g/mol. The molecule has 0 aliphatic rings. The van der Waals surface area contributed by atoms with Crippen molar-refractivity contribution in [3.8, 4) is 34.1 Å². The Morgan fingerprint density at radius 2 is 1.25 bits per heavy atom. The van der Waals surface area contributed by atoms with Crippen molar-refractivity contribution in [2.24, 2.45) is 6.98 Å². The van der Waals surface area contributed by atoms with Crippen LogP contribution in [0.1, 0.15) is 13.8 Å². The van der Waals surface area contributed by atoms with E-state index in [0.717, 1.165) is 60.4 Å². The molecule has 6 nitrogen and oxygen atoms in total. The number of hydrogen-bond acceptors (Lipinski definition) is 2. The number of para-hydroxylation sites is 4. The minimum atomic E-state index is -2.43. The van der Waals surface area contributed by atoms with Crippen LogP contribution in [-0.4, -0.2) is 23.1 Å². The minimum absolute atomic E-state index is 0.205. The van der Waals surface area contributed by atoms with E-state index in [4.69, 9.17) is 17.9 Å². The van der Waals surface area contributed by atoms with Crippen LogP contribution in [0, 0.1) is 10.7 Å². The van der Waals surface area contributed by atoms with E-state index in [1.807, 2.05) is 100 Å². The van der Waals surface area contributed by atoms with Gasteiger partial charge in [0, 0.05) is 37.4 Å². The molecule has 0 saturated carbocycles. The van der Waals surface area contributed by atoms with Crippen LogP contribution in [0.2, 0.25) is 0 Å². The normalized spacial score (nSPS) is 14.1. The Bertz CT molecular complexity index is 3900. The monoisotopic (exact) mass is 920 g/mol. The van der Waals surface area contributed by atoms with E-state index in [1.54, 1.807) is 12.3 Å². The third-order valence-corrected chi connectivity index (χ3v) is 12.3. The van der Waals surface area contributed by atoms with E-state index >= 15 is 0 Å². The number of nitrogens with zero attached hydrogens (tertiary/aromatic N) is 5. The summed E-state index contributed by atoms with van der Waals surface area (Å²) in [6, 6.07) is 51.6. The summed E-state index contributed by atoms with van der Waals surface area (Å²) in [5.41, 5.74) is 8.62. The summed E-state index contributed by atoms with van der Waals surface area (Å²) in [6.07, 6.45) is 1.67. The van der Waals surface area contributed by atoms with Crippen LogP contribution in [0.25, 0.3) is 93.6 Å². The van der Waals surface area contributed by atoms with Crippen molar-refractivity contribution in [3.63, 3.8) is 0 Å². The minimum Gasteiger partial charge on any atom is -0.0622 e. The van der Waals surface area contributed by atoms with Gasteiger partial charge >= 0.3 is 198 Å². The molecule has 0 aliphatic carbocycles. The SMILES string of the molecule is [2H]C([2H])([2H])c1cc(-n2c3cc(Oc4cccc(-n5[c](=[Pt])n(C([2H])([2H])[2H])c6ccccc65)c4)ccc3c3cc4c5cccc6c7ccccc7n(c4cc32)c65)ncc1-c1ccccc1. The molecule has 0 saturated heterocycles. The quantitative estimate of drug-likeness (QED) is 0.173. The molecule has 0 unspecified atom stereocenters. The maximum atomic E-state index is 8.68. The Kier molecular flexibility index (Phi) is 5.73. The summed E-state index contributed by atoms with van der Waals surface area (Å²) in [4.78, 5) is 5.01. The molecule has 12 rings (SSSR count). The number of ether oxygens (including phenoxy) is 1. The fourth-order valence-electron chi connectivity index (χ4n) is 8.83. The van der Waals surface area contributed by atoms with E-state index in [1.165, 1.54) is 20.9 Å². The van der Waals surface area contributed by atoms with E-state index in [0.29, 0.717) is 32.2 Å². The zero-order valence-corrected chi connectivity index (χ0v) is 32.3. The van der Waals surface area contributed by atoms with Crippen LogP contribution < -0.4 is 4.74 Å². The zero-order valence-electron chi connectivity index (χ0n) is 36.0. The summed E-state index contributed by atoms with van der Waals surface area (Å²) in [6.45, 7) is -4.80. The first-order chi connectivity index (χ1) is 30.4. The molecule has 0 radical (unpaired) electrons. The molecule has 274 valence electrons. The van der Waals surface area contributed by atoms with Crippen LogP contribution in [0.5, 0.6) is 11.5 Å². The molecule has 0 atom stereocenters. The third-order valence-electron chi connectivity index (χ3n) is 11.3. The van der Waals surface area contributed by atoms with Crippen molar-refractivity contribution in [1.29, 1.82) is 0 Å². The van der Waals surface area contributed by atoms with Gasteiger partial charge in [0.2, 0.25) is 0 Å². The van der Waals surface area contributed by atoms with Crippen LogP contribution in [0.3, 0.4) is 0 Å². The predicted molar refractivity (Wildman–Crippen MR) is 229 cm³/mol. The van der Waals surface area contributed by atoms with E-state index in [-0.39, 0.29) is 5.56 Å². The summed E-state index contributed by atoms with van der Waals surface area (Å²) in [7, 11) is 0. The van der Waals surface area contributed by atoms with Gasteiger partial charge in [-0.25, -0.2) is 0 Å². The third kappa shape index (κ3) is 4.68. The summed E-state index contributed by atoms with van der Waals surface area (Å²) >= 11 is 2.07. The molecular weight excluding hydrogens is 882 g/mol. The van der Waals surface area contributed by atoms with Crippen molar-refractivity contribution in [2.45, 2.75) is 6.85 Å². The molecule has 0 amide bonds. The molecule has 0 bridgehead atoms. The molecule has 0 fully saturated rings. The number of rotatable bonds is 5. The van der Waals surface area contributed by atoms with Crippen molar-refractivity contribution in [2.75, 3.05) is 0 Å². The number of fused-ring (bicyclic) bond motifs is 10. The van der Waals surface area contributed by atoms with Gasteiger partial charge in [0.1, 0.15) is 0 Å². The Hall–Kier alpha value is -6.75. The Balaban J connectivity index is 1.08. The van der Waals surface area contributed by atoms with Gasteiger partial charge in [-0.05, 0) is 24.0 Å². The van der Waals surface area contributed by atoms with Gasteiger partial charge in [0.25, 0.3) is 0 Å². The number of aromatic nitrogens is 5. The molecular formula is C50H33N5OPt. The molecule has 57 heavy (non-hydrogen) atoms. The maximum absolute atomic E-state index is 8.68. The van der Waals surface area contributed by atoms with Crippen molar-refractivity contribution in [3.05, 3.63) is 173 Å². The first kappa shape index (κ1) is 26.9. The van der Waals surface area contributed by atoms with Gasteiger partial charge in [0.15, 0.2) is 0 Å². The number of imidazole rings is 1. The van der Waals surface area contributed by atoms with Crippen molar-refractivity contribution < 1.29 is 32.3 Å². The number of aryl methyl sites for hydroxylation is 2. The van der Waals surface area contributed by atoms with Crippen LogP contribution >= 0.6 is 0 Å². The summed E-state index contributed by atoms with van der Waals surface area (Å²) < 4.78 is 65.7. The standard InChI is InChI=1S/C50H33N5O.Pt/c1-31-24-49(51-29-42(31)32-12-4-3-5-13-32)54-46-26-35(56-34-15-10-14-33(25-34)53-30-52(2)44-20-8-9-21-45(44)53)22-23-37(46)40-27-41-39-18-11-17-38-36-16-6-7-19-43(36)55(50(38)39)48(41)28-47(40)54;/h3-29H,1-2H3;/i1D3,2D3;. The number of benzene rings is 7. The molecule has 0 spiro atoms. The molecule has 5 heterocycles. The van der Waals surface area contributed by atoms with Crippen LogP contribution in [0.15, 0.2) is 164 Å².